The molecule has 1 fully saturated rings. The highest BCUT2D eigenvalue weighted by Gasteiger charge is 2.28. The van der Waals surface area contributed by atoms with E-state index >= 15 is 0 Å². The smallest absolute Gasteiger partial charge is 0.254 e. The number of sulfonamides is 1. The molecule has 1 heterocycles. The van der Waals surface area contributed by atoms with Crippen LogP contribution >= 0.6 is 11.6 Å². The second-order valence-corrected chi connectivity index (χ2v) is 8.62. The minimum absolute atomic E-state index is 0.108. The Balaban J connectivity index is 1.77. The monoisotopic (exact) mass is 392 g/mol. The summed E-state index contributed by atoms with van der Waals surface area (Å²) in [5.74, 6) is 0.0676. The highest BCUT2D eigenvalue weighted by Crippen LogP contribution is 2.25. The zero-order chi connectivity index (χ0) is 18.7. The molecule has 3 rings (SSSR count). The predicted octanol–water partition coefficient (Wildman–Crippen LogP) is 3.54. The lowest BCUT2D eigenvalue weighted by molar-refractivity contribution is 0.0752. The van der Waals surface area contributed by atoms with Gasteiger partial charge in [0.25, 0.3) is 5.91 Å². The largest absolute Gasteiger partial charge is 0.335 e. The first-order valence-corrected chi connectivity index (χ1v) is 10.5. The van der Waals surface area contributed by atoms with Crippen LogP contribution in [0.25, 0.3) is 0 Å². The molecule has 1 saturated heterocycles. The summed E-state index contributed by atoms with van der Waals surface area (Å²) in [4.78, 5) is 14.5. The number of hydrogen-bond acceptors (Lipinski definition) is 3. The van der Waals surface area contributed by atoms with Crippen molar-refractivity contribution in [2.75, 3.05) is 23.1 Å². The Kier molecular flexibility index (Phi) is 5.53. The normalized spacial score (nSPS) is 15.8. The fourth-order valence-electron chi connectivity index (χ4n) is 3.04. The van der Waals surface area contributed by atoms with E-state index in [-0.39, 0.29) is 11.7 Å². The predicted molar refractivity (Wildman–Crippen MR) is 104 cm³/mol. The van der Waals surface area contributed by atoms with Crippen molar-refractivity contribution < 1.29 is 13.2 Å². The molecule has 0 aromatic heterocycles. The van der Waals surface area contributed by atoms with E-state index in [4.69, 9.17) is 11.6 Å². The van der Waals surface area contributed by atoms with Crippen LogP contribution in [0.2, 0.25) is 5.02 Å². The van der Waals surface area contributed by atoms with Gasteiger partial charge in [-0.1, -0.05) is 29.8 Å². The fourth-order valence-corrected chi connectivity index (χ4v) is 4.80. The number of rotatable bonds is 5. The average molecular weight is 393 g/mol. The summed E-state index contributed by atoms with van der Waals surface area (Å²) in [6, 6.07) is 14.2. The highest BCUT2D eigenvalue weighted by molar-refractivity contribution is 7.93. The number of anilines is 1. The third kappa shape index (κ3) is 3.86. The van der Waals surface area contributed by atoms with E-state index < -0.39 is 10.0 Å². The molecule has 0 radical (unpaired) electrons. The molecule has 2 aromatic carbocycles. The second-order valence-electron chi connectivity index (χ2n) is 6.20. The van der Waals surface area contributed by atoms with Crippen molar-refractivity contribution in [3.63, 3.8) is 0 Å². The summed E-state index contributed by atoms with van der Waals surface area (Å²) in [7, 11) is -3.22. The van der Waals surface area contributed by atoms with E-state index in [9.17, 15) is 13.2 Å². The number of halogens is 1. The van der Waals surface area contributed by atoms with Crippen molar-refractivity contribution in [1.29, 1.82) is 0 Å². The Morgan fingerprint density at radius 3 is 2.42 bits per heavy atom. The minimum atomic E-state index is -3.22. The minimum Gasteiger partial charge on any atom is -0.335 e. The first-order chi connectivity index (χ1) is 12.4. The van der Waals surface area contributed by atoms with Crippen LogP contribution in [0, 0.1) is 0 Å². The van der Waals surface area contributed by atoms with Crippen molar-refractivity contribution in [2.45, 2.75) is 19.9 Å². The lowest BCUT2D eigenvalue weighted by atomic mass is 10.1. The van der Waals surface area contributed by atoms with Gasteiger partial charge in [0.15, 0.2) is 0 Å². The highest BCUT2D eigenvalue weighted by atomic mass is 35.5. The lowest BCUT2D eigenvalue weighted by Gasteiger charge is -2.22. The third-order valence-electron chi connectivity index (χ3n) is 4.49. The molecule has 5 nitrogen and oxygen atoms in total. The van der Waals surface area contributed by atoms with Crippen molar-refractivity contribution >= 4 is 33.2 Å². The van der Waals surface area contributed by atoms with Crippen LogP contribution in [-0.2, 0) is 16.6 Å². The van der Waals surface area contributed by atoms with E-state index in [1.807, 2.05) is 25.1 Å². The van der Waals surface area contributed by atoms with Crippen LogP contribution in [0.1, 0.15) is 29.3 Å². The summed E-state index contributed by atoms with van der Waals surface area (Å²) in [5, 5.41) is 0.633. The Morgan fingerprint density at radius 2 is 1.85 bits per heavy atom. The van der Waals surface area contributed by atoms with E-state index in [1.165, 1.54) is 4.31 Å². The molecule has 0 saturated carbocycles. The summed E-state index contributed by atoms with van der Waals surface area (Å²) in [5.41, 5.74) is 2.02. The Morgan fingerprint density at radius 1 is 1.15 bits per heavy atom. The number of carbonyl (C=O) groups is 1. The molecular weight excluding hydrogens is 372 g/mol. The zero-order valence-electron chi connectivity index (χ0n) is 14.6. The van der Waals surface area contributed by atoms with Crippen LogP contribution < -0.4 is 4.31 Å². The van der Waals surface area contributed by atoms with Gasteiger partial charge in [-0.3, -0.25) is 9.10 Å². The third-order valence-corrected chi connectivity index (χ3v) is 6.73. The van der Waals surface area contributed by atoms with Gasteiger partial charge in [0.05, 0.1) is 11.4 Å². The van der Waals surface area contributed by atoms with Gasteiger partial charge in [0, 0.05) is 30.2 Å². The SMILES string of the molecule is CCN(Cc1ccccc1Cl)C(=O)c1ccc(N2CCCS2(=O)=O)cc1. The molecule has 0 bridgehead atoms. The molecule has 0 atom stereocenters. The van der Waals surface area contributed by atoms with Gasteiger partial charge in [-0.05, 0) is 49.2 Å². The number of carbonyl (C=O) groups excluding carboxylic acids is 1. The summed E-state index contributed by atoms with van der Waals surface area (Å²) in [6.07, 6.45) is 0.629. The first kappa shape index (κ1) is 18.7. The maximum absolute atomic E-state index is 12.8. The summed E-state index contributed by atoms with van der Waals surface area (Å²) >= 11 is 6.20. The van der Waals surface area contributed by atoms with Crippen LogP contribution in [0.3, 0.4) is 0 Å². The van der Waals surface area contributed by atoms with Crippen LogP contribution in [0.4, 0.5) is 5.69 Å². The van der Waals surface area contributed by atoms with Gasteiger partial charge in [-0.25, -0.2) is 8.42 Å². The maximum atomic E-state index is 12.8. The standard InChI is InChI=1S/C19H21ClN2O3S/c1-2-21(14-16-6-3-4-7-18(16)20)19(23)15-8-10-17(11-9-15)22-12-5-13-26(22,24)25/h3-4,6-11H,2,5,12-14H2,1H3. The van der Waals surface area contributed by atoms with Gasteiger partial charge in [0.1, 0.15) is 0 Å². The molecule has 0 aliphatic carbocycles. The Hall–Kier alpha value is -2.05. The first-order valence-electron chi connectivity index (χ1n) is 8.55. The molecule has 7 heteroatoms. The Labute approximate surface area is 159 Å². The molecule has 138 valence electrons. The number of benzene rings is 2. The number of nitrogens with zero attached hydrogens (tertiary/aromatic N) is 2. The Bertz CT molecular complexity index is 897. The molecular formula is C19H21ClN2O3S. The van der Waals surface area contributed by atoms with E-state index in [0.717, 1.165) is 5.56 Å². The molecule has 1 amide bonds. The van der Waals surface area contributed by atoms with Crippen LogP contribution in [0.5, 0.6) is 0 Å². The summed E-state index contributed by atoms with van der Waals surface area (Å²) < 4.78 is 25.4. The number of amides is 1. The van der Waals surface area contributed by atoms with Crippen molar-refractivity contribution in [3.05, 3.63) is 64.7 Å². The fraction of sp³-hybridized carbons (Fsp3) is 0.316. The van der Waals surface area contributed by atoms with Gasteiger partial charge in [0.2, 0.25) is 10.0 Å². The molecule has 1 aliphatic rings. The number of hydrogen-bond donors (Lipinski definition) is 0. The van der Waals surface area contributed by atoms with E-state index in [1.54, 1.807) is 35.2 Å². The van der Waals surface area contributed by atoms with Crippen LogP contribution in [0.15, 0.2) is 48.5 Å². The topological polar surface area (TPSA) is 57.7 Å². The molecule has 0 unspecified atom stereocenters. The van der Waals surface area contributed by atoms with E-state index in [2.05, 4.69) is 0 Å². The van der Waals surface area contributed by atoms with E-state index in [0.29, 0.717) is 42.3 Å². The molecule has 26 heavy (non-hydrogen) atoms. The van der Waals surface area contributed by atoms with Gasteiger partial charge in [-0.2, -0.15) is 0 Å². The zero-order valence-corrected chi connectivity index (χ0v) is 16.1. The lowest BCUT2D eigenvalue weighted by Crippen LogP contribution is -2.30. The summed E-state index contributed by atoms with van der Waals surface area (Å²) in [6.45, 7) is 3.38. The maximum Gasteiger partial charge on any atom is 0.254 e. The van der Waals surface area contributed by atoms with Crippen molar-refractivity contribution in [3.8, 4) is 0 Å². The van der Waals surface area contributed by atoms with Gasteiger partial charge < -0.3 is 4.90 Å². The molecule has 2 aromatic rings. The quantitative estimate of drug-likeness (QED) is 0.781. The van der Waals surface area contributed by atoms with Crippen LogP contribution in [-0.4, -0.2) is 38.1 Å². The average Bonchev–Trinajstić information content (AvgIpc) is 3.00. The second kappa shape index (κ2) is 7.68. The molecule has 0 N–H and O–H groups in total. The van der Waals surface area contributed by atoms with Gasteiger partial charge in [-0.15, -0.1) is 0 Å². The van der Waals surface area contributed by atoms with Gasteiger partial charge >= 0.3 is 0 Å². The molecule has 1 aliphatic heterocycles. The van der Waals surface area contributed by atoms with Crippen molar-refractivity contribution in [2.24, 2.45) is 0 Å². The van der Waals surface area contributed by atoms with Crippen molar-refractivity contribution in [1.82, 2.24) is 4.90 Å². The molecule has 0 spiro atoms.